The zero-order chi connectivity index (χ0) is 18.9. The summed E-state index contributed by atoms with van der Waals surface area (Å²) < 4.78 is 10.9. The van der Waals surface area contributed by atoms with Gasteiger partial charge >= 0.3 is 5.97 Å². The molecule has 138 valence electrons. The predicted octanol–water partition coefficient (Wildman–Crippen LogP) is 4.01. The zero-order valence-corrected chi connectivity index (χ0v) is 15.6. The van der Waals surface area contributed by atoms with Crippen LogP contribution in [0.2, 0.25) is 0 Å². The SMILES string of the molecule is CCOc1ccc(CC(=O)OC(C(=O)Cc2ccccc2)C(C)C)cc1. The molecule has 0 amide bonds. The Kier molecular flexibility index (Phi) is 7.39. The van der Waals surface area contributed by atoms with Gasteiger partial charge in [0.1, 0.15) is 5.75 Å². The molecule has 4 nitrogen and oxygen atoms in total. The Morgan fingerprint density at radius 1 is 0.885 bits per heavy atom. The molecule has 0 aromatic heterocycles. The molecule has 0 bridgehead atoms. The lowest BCUT2D eigenvalue weighted by Gasteiger charge is -2.20. The van der Waals surface area contributed by atoms with Gasteiger partial charge in [-0.2, -0.15) is 0 Å². The van der Waals surface area contributed by atoms with Gasteiger partial charge < -0.3 is 9.47 Å². The van der Waals surface area contributed by atoms with Crippen LogP contribution in [-0.2, 0) is 27.2 Å². The van der Waals surface area contributed by atoms with E-state index in [2.05, 4.69) is 0 Å². The van der Waals surface area contributed by atoms with Crippen molar-refractivity contribution in [3.05, 3.63) is 65.7 Å². The van der Waals surface area contributed by atoms with Crippen LogP contribution < -0.4 is 4.74 Å². The molecule has 0 spiro atoms. The van der Waals surface area contributed by atoms with Gasteiger partial charge in [-0.1, -0.05) is 56.3 Å². The topological polar surface area (TPSA) is 52.6 Å². The predicted molar refractivity (Wildman–Crippen MR) is 101 cm³/mol. The lowest BCUT2D eigenvalue weighted by molar-refractivity contribution is -0.157. The first kappa shape index (κ1) is 19.7. The first-order valence-electron chi connectivity index (χ1n) is 8.97. The van der Waals surface area contributed by atoms with Gasteiger partial charge in [0.15, 0.2) is 11.9 Å². The van der Waals surface area contributed by atoms with Crippen LogP contribution in [0, 0.1) is 5.92 Å². The maximum atomic E-state index is 12.6. The van der Waals surface area contributed by atoms with Gasteiger partial charge in [-0.25, -0.2) is 0 Å². The number of esters is 1. The lowest BCUT2D eigenvalue weighted by atomic mass is 9.97. The molecule has 0 saturated heterocycles. The van der Waals surface area contributed by atoms with Crippen LogP contribution >= 0.6 is 0 Å². The van der Waals surface area contributed by atoms with E-state index in [4.69, 9.17) is 9.47 Å². The van der Waals surface area contributed by atoms with E-state index in [0.717, 1.165) is 16.9 Å². The largest absolute Gasteiger partial charge is 0.494 e. The van der Waals surface area contributed by atoms with Gasteiger partial charge in [0.05, 0.1) is 13.0 Å². The average molecular weight is 354 g/mol. The summed E-state index contributed by atoms with van der Waals surface area (Å²) in [5.41, 5.74) is 1.75. The molecule has 1 unspecified atom stereocenters. The molecule has 26 heavy (non-hydrogen) atoms. The minimum absolute atomic E-state index is 0.0736. The number of ketones is 1. The van der Waals surface area contributed by atoms with Crippen LogP contribution in [-0.4, -0.2) is 24.5 Å². The second kappa shape index (κ2) is 9.76. The first-order chi connectivity index (χ1) is 12.5. The molecular formula is C22H26O4. The van der Waals surface area contributed by atoms with Gasteiger partial charge in [-0.05, 0) is 36.1 Å². The van der Waals surface area contributed by atoms with Crippen molar-refractivity contribution in [2.75, 3.05) is 6.61 Å². The van der Waals surface area contributed by atoms with Crippen LogP contribution in [0.3, 0.4) is 0 Å². The second-order valence-electron chi connectivity index (χ2n) is 6.54. The monoisotopic (exact) mass is 354 g/mol. The highest BCUT2D eigenvalue weighted by Crippen LogP contribution is 2.16. The van der Waals surface area contributed by atoms with Gasteiger partial charge in [0.2, 0.25) is 0 Å². The van der Waals surface area contributed by atoms with Crippen molar-refractivity contribution >= 4 is 11.8 Å². The first-order valence-corrected chi connectivity index (χ1v) is 8.97. The summed E-state index contributed by atoms with van der Waals surface area (Å²) in [7, 11) is 0. The molecule has 0 aliphatic carbocycles. The Morgan fingerprint density at radius 3 is 2.08 bits per heavy atom. The summed E-state index contributed by atoms with van der Waals surface area (Å²) in [6.45, 7) is 6.29. The number of Topliss-reactive ketones (excluding diaryl/α,β-unsaturated/α-hetero) is 1. The van der Waals surface area contributed by atoms with Crippen molar-refractivity contribution in [2.45, 2.75) is 39.7 Å². The van der Waals surface area contributed by atoms with Gasteiger partial charge in [0.25, 0.3) is 0 Å². The smallest absolute Gasteiger partial charge is 0.310 e. The number of benzene rings is 2. The van der Waals surface area contributed by atoms with Crippen molar-refractivity contribution in [3.63, 3.8) is 0 Å². The summed E-state index contributed by atoms with van der Waals surface area (Å²) in [5.74, 6) is 0.221. The molecule has 2 aromatic rings. The van der Waals surface area contributed by atoms with Crippen molar-refractivity contribution in [3.8, 4) is 5.75 Å². The van der Waals surface area contributed by atoms with Crippen molar-refractivity contribution in [1.82, 2.24) is 0 Å². The highest BCUT2D eigenvalue weighted by atomic mass is 16.5. The van der Waals surface area contributed by atoms with Crippen LogP contribution in [0.1, 0.15) is 31.9 Å². The number of carbonyl (C=O) groups excluding carboxylic acids is 2. The molecule has 0 aliphatic rings. The Labute approximate surface area is 155 Å². The molecule has 0 saturated carbocycles. The van der Waals surface area contributed by atoms with E-state index in [9.17, 15) is 9.59 Å². The van der Waals surface area contributed by atoms with E-state index < -0.39 is 12.1 Å². The highest BCUT2D eigenvalue weighted by molar-refractivity contribution is 5.87. The fraction of sp³-hybridized carbons (Fsp3) is 0.364. The minimum atomic E-state index is -0.731. The molecular weight excluding hydrogens is 328 g/mol. The van der Waals surface area contributed by atoms with E-state index in [0.29, 0.717) is 6.61 Å². The average Bonchev–Trinajstić information content (AvgIpc) is 2.62. The summed E-state index contributed by atoms with van der Waals surface area (Å²) in [6, 6.07) is 16.8. The molecule has 0 aliphatic heterocycles. The van der Waals surface area contributed by atoms with Crippen LogP contribution in [0.15, 0.2) is 54.6 Å². The van der Waals surface area contributed by atoms with E-state index >= 15 is 0 Å². The summed E-state index contributed by atoms with van der Waals surface area (Å²) in [6.07, 6.45) is -0.334. The minimum Gasteiger partial charge on any atom is -0.494 e. The molecule has 0 radical (unpaired) electrons. The Morgan fingerprint density at radius 2 is 1.50 bits per heavy atom. The van der Waals surface area contributed by atoms with E-state index in [-0.39, 0.29) is 24.5 Å². The molecule has 1 atom stereocenters. The third kappa shape index (κ3) is 6.03. The van der Waals surface area contributed by atoms with Gasteiger partial charge in [-0.15, -0.1) is 0 Å². The summed E-state index contributed by atoms with van der Waals surface area (Å²) in [4.78, 5) is 24.9. The van der Waals surface area contributed by atoms with Crippen LogP contribution in [0.5, 0.6) is 5.75 Å². The Hall–Kier alpha value is -2.62. The third-order valence-electron chi connectivity index (χ3n) is 3.99. The Balaban J connectivity index is 1.95. The molecule has 2 aromatic carbocycles. The van der Waals surface area contributed by atoms with Crippen molar-refractivity contribution in [1.29, 1.82) is 0 Å². The number of carbonyl (C=O) groups is 2. The van der Waals surface area contributed by atoms with E-state index in [1.54, 1.807) is 0 Å². The van der Waals surface area contributed by atoms with E-state index in [1.165, 1.54) is 0 Å². The van der Waals surface area contributed by atoms with Crippen molar-refractivity contribution < 1.29 is 19.1 Å². The second-order valence-corrected chi connectivity index (χ2v) is 6.54. The molecule has 0 N–H and O–H groups in total. The third-order valence-corrected chi connectivity index (χ3v) is 3.99. The van der Waals surface area contributed by atoms with Crippen molar-refractivity contribution in [2.24, 2.45) is 5.92 Å². The normalized spacial score (nSPS) is 11.8. The molecule has 0 heterocycles. The highest BCUT2D eigenvalue weighted by Gasteiger charge is 2.26. The number of hydrogen-bond donors (Lipinski definition) is 0. The van der Waals surface area contributed by atoms with Gasteiger partial charge in [0, 0.05) is 6.42 Å². The molecule has 4 heteroatoms. The molecule has 2 rings (SSSR count). The van der Waals surface area contributed by atoms with Crippen LogP contribution in [0.25, 0.3) is 0 Å². The standard InChI is InChI=1S/C22H26O4/c1-4-25-19-12-10-18(11-13-19)15-21(24)26-22(16(2)3)20(23)14-17-8-6-5-7-9-17/h5-13,16,22H,4,14-15H2,1-3H3. The van der Waals surface area contributed by atoms with E-state index in [1.807, 2.05) is 75.4 Å². The number of rotatable bonds is 9. The fourth-order valence-electron chi connectivity index (χ4n) is 2.69. The Bertz CT molecular complexity index is 705. The van der Waals surface area contributed by atoms with Gasteiger partial charge in [-0.3, -0.25) is 9.59 Å². The summed E-state index contributed by atoms with van der Waals surface area (Å²) >= 11 is 0. The maximum absolute atomic E-state index is 12.6. The maximum Gasteiger partial charge on any atom is 0.310 e. The molecule has 0 fully saturated rings. The quantitative estimate of drug-likeness (QED) is 0.639. The summed E-state index contributed by atoms with van der Waals surface area (Å²) in [5, 5.41) is 0. The zero-order valence-electron chi connectivity index (χ0n) is 15.6. The fourth-order valence-corrected chi connectivity index (χ4v) is 2.69. The number of ether oxygens (including phenoxy) is 2. The number of hydrogen-bond acceptors (Lipinski definition) is 4. The lowest BCUT2D eigenvalue weighted by Crippen LogP contribution is -2.33. The van der Waals surface area contributed by atoms with Crippen LogP contribution in [0.4, 0.5) is 0 Å².